The highest BCUT2D eigenvalue weighted by molar-refractivity contribution is 6.68. The Kier molecular flexibility index (Phi) is 5.36. The van der Waals surface area contributed by atoms with Gasteiger partial charge >= 0.3 is 0 Å². The highest BCUT2D eigenvalue weighted by Crippen LogP contribution is 2.58. The van der Waals surface area contributed by atoms with Crippen LogP contribution in [-0.4, -0.2) is 29.5 Å². The summed E-state index contributed by atoms with van der Waals surface area (Å²) in [7, 11) is 0. The first-order valence-electron chi connectivity index (χ1n) is 3.68. The molecule has 0 aromatic heterocycles. The molecule has 0 saturated carbocycles. The van der Waals surface area contributed by atoms with Crippen molar-refractivity contribution in [1.29, 1.82) is 0 Å². The SMILES string of the molecule is ClC1OC(Cl)(Cl)C(Cl)C(Cl)(Cl)C(Cl)(Cl)C1Cl. The van der Waals surface area contributed by atoms with Crippen LogP contribution in [0.3, 0.4) is 0 Å². The molecule has 1 heterocycles. The van der Waals surface area contributed by atoms with E-state index in [1.54, 1.807) is 0 Å². The summed E-state index contributed by atoms with van der Waals surface area (Å²) in [5.41, 5.74) is -1.22. The van der Waals surface area contributed by atoms with Crippen LogP contribution in [0.2, 0.25) is 0 Å². The Morgan fingerprint density at radius 3 is 1.62 bits per heavy atom. The molecule has 10 heteroatoms. The molecule has 1 fully saturated rings. The van der Waals surface area contributed by atoms with Gasteiger partial charge in [0, 0.05) is 0 Å². The summed E-state index contributed by atoms with van der Waals surface area (Å²) in [4.78, 5) is 0. The molecule has 0 N–H and O–H groups in total. The first-order valence-corrected chi connectivity index (χ1v) is 7.25. The summed E-state index contributed by atoms with van der Waals surface area (Å²) in [5.74, 6) is 0. The molecule has 0 amide bonds. The van der Waals surface area contributed by atoms with Crippen molar-refractivity contribution in [2.75, 3.05) is 0 Å². The zero-order chi connectivity index (χ0) is 12.9. The Morgan fingerprint density at radius 1 is 0.750 bits per heavy atom. The number of rotatable bonds is 0. The van der Waals surface area contributed by atoms with Crippen molar-refractivity contribution in [2.45, 2.75) is 29.5 Å². The summed E-state index contributed by atoms with van der Waals surface area (Å²) in [6.07, 6.45) is 0. The van der Waals surface area contributed by atoms with Gasteiger partial charge in [-0.15, -0.1) is 23.2 Å². The van der Waals surface area contributed by atoms with Crippen molar-refractivity contribution in [2.24, 2.45) is 0 Å². The molecular weight excluding hydrogens is 407 g/mol. The van der Waals surface area contributed by atoms with Crippen LogP contribution in [0.5, 0.6) is 0 Å². The molecular formula is C6H3Cl9O. The summed E-state index contributed by atoms with van der Waals surface area (Å²) in [6.45, 7) is 0. The van der Waals surface area contributed by atoms with Gasteiger partial charge in [0.1, 0.15) is 10.8 Å². The molecule has 1 nitrogen and oxygen atoms in total. The lowest BCUT2D eigenvalue weighted by atomic mass is 10.1. The number of hydrogen-bond acceptors (Lipinski definition) is 1. The molecule has 0 aromatic rings. The van der Waals surface area contributed by atoms with Gasteiger partial charge in [-0.3, -0.25) is 0 Å². The Morgan fingerprint density at radius 2 is 1.19 bits per heavy atom. The minimum Gasteiger partial charge on any atom is -0.324 e. The number of hydrogen-bond donors (Lipinski definition) is 0. The zero-order valence-electron chi connectivity index (χ0n) is 7.04. The third-order valence-corrected chi connectivity index (χ3v) is 7.34. The third kappa shape index (κ3) is 2.70. The van der Waals surface area contributed by atoms with Crippen LogP contribution in [0, 0.1) is 0 Å². The molecule has 1 saturated heterocycles. The Hall–Kier alpha value is 2.57. The quantitative estimate of drug-likeness (QED) is 0.494. The van der Waals surface area contributed by atoms with Gasteiger partial charge in [0.25, 0.3) is 0 Å². The van der Waals surface area contributed by atoms with Crippen LogP contribution < -0.4 is 0 Å². The predicted molar refractivity (Wildman–Crippen MR) is 73.3 cm³/mol. The van der Waals surface area contributed by atoms with E-state index in [1.807, 2.05) is 0 Å². The van der Waals surface area contributed by atoms with E-state index in [4.69, 9.17) is 109 Å². The standard InChI is InChI=1S/C6H3Cl9O/c7-1-2(8)16-6(14,15)3(9)5(12,13)4(1,10)11/h1-3H. The molecule has 16 heavy (non-hydrogen) atoms. The van der Waals surface area contributed by atoms with Gasteiger partial charge in [-0.05, 0) is 0 Å². The average molecular weight is 410 g/mol. The maximum Gasteiger partial charge on any atom is 0.238 e. The molecule has 0 spiro atoms. The van der Waals surface area contributed by atoms with Gasteiger partial charge in [-0.25, -0.2) is 0 Å². The first-order chi connectivity index (χ1) is 6.94. The Labute approximate surface area is 137 Å². The average Bonchev–Trinajstić information content (AvgIpc) is 2.14. The van der Waals surface area contributed by atoms with E-state index in [0.29, 0.717) is 0 Å². The van der Waals surface area contributed by atoms with Crippen molar-refractivity contribution < 1.29 is 4.74 Å². The molecule has 1 aliphatic rings. The second-order valence-corrected chi connectivity index (χ2v) is 8.47. The van der Waals surface area contributed by atoms with E-state index < -0.39 is 29.5 Å². The van der Waals surface area contributed by atoms with Gasteiger partial charge in [-0.2, -0.15) is 0 Å². The van der Waals surface area contributed by atoms with Crippen molar-refractivity contribution in [3.05, 3.63) is 0 Å². The van der Waals surface area contributed by atoms with E-state index in [9.17, 15) is 0 Å². The van der Waals surface area contributed by atoms with E-state index in [-0.39, 0.29) is 0 Å². The van der Waals surface area contributed by atoms with Crippen molar-refractivity contribution in [3.8, 4) is 0 Å². The smallest absolute Gasteiger partial charge is 0.238 e. The van der Waals surface area contributed by atoms with E-state index in [1.165, 1.54) is 0 Å². The molecule has 3 atom stereocenters. The monoisotopic (exact) mass is 406 g/mol. The van der Waals surface area contributed by atoms with Crippen LogP contribution in [0.15, 0.2) is 0 Å². The number of alkyl halides is 9. The molecule has 1 aliphatic heterocycles. The predicted octanol–water partition coefficient (Wildman–Crippen LogP) is 5.28. The van der Waals surface area contributed by atoms with Crippen LogP contribution in [0.4, 0.5) is 0 Å². The van der Waals surface area contributed by atoms with Crippen LogP contribution in [0.1, 0.15) is 0 Å². The highest BCUT2D eigenvalue weighted by Gasteiger charge is 2.66. The van der Waals surface area contributed by atoms with Crippen molar-refractivity contribution in [1.82, 2.24) is 0 Å². The molecule has 0 bridgehead atoms. The summed E-state index contributed by atoms with van der Waals surface area (Å²) in [6, 6.07) is 0. The highest BCUT2D eigenvalue weighted by atomic mass is 35.5. The number of halogens is 9. The lowest BCUT2D eigenvalue weighted by Crippen LogP contribution is -2.52. The van der Waals surface area contributed by atoms with E-state index in [2.05, 4.69) is 0 Å². The molecule has 0 aromatic carbocycles. The summed E-state index contributed by atoms with van der Waals surface area (Å²) < 4.78 is -0.849. The Bertz CT molecular complexity index is 277. The summed E-state index contributed by atoms with van der Waals surface area (Å²) >= 11 is 52.8. The van der Waals surface area contributed by atoms with Crippen LogP contribution in [0.25, 0.3) is 0 Å². The van der Waals surface area contributed by atoms with Crippen LogP contribution >= 0.6 is 104 Å². The maximum absolute atomic E-state index is 5.94. The minimum atomic E-state index is -1.98. The summed E-state index contributed by atoms with van der Waals surface area (Å²) in [5, 5.41) is -2.53. The van der Waals surface area contributed by atoms with Gasteiger partial charge in [0.05, 0.1) is 0 Å². The van der Waals surface area contributed by atoms with Crippen molar-refractivity contribution in [3.63, 3.8) is 0 Å². The van der Waals surface area contributed by atoms with Gasteiger partial charge in [0.15, 0.2) is 14.2 Å². The fourth-order valence-corrected chi connectivity index (χ4v) is 3.95. The van der Waals surface area contributed by atoms with Crippen molar-refractivity contribution >= 4 is 104 Å². The lowest BCUT2D eigenvalue weighted by Gasteiger charge is -2.37. The maximum atomic E-state index is 5.94. The Balaban J connectivity index is 3.27. The lowest BCUT2D eigenvalue weighted by molar-refractivity contribution is 0.0615. The molecule has 0 radical (unpaired) electrons. The van der Waals surface area contributed by atoms with E-state index >= 15 is 0 Å². The van der Waals surface area contributed by atoms with Crippen LogP contribution in [-0.2, 0) is 4.74 Å². The van der Waals surface area contributed by atoms with Gasteiger partial charge in [-0.1, -0.05) is 81.2 Å². The second kappa shape index (κ2) is 5.16. The first kappa shape index (κ1) is 16.6. The number of ether oxygens (including phenoxy) is 1. The fourth-order valence-electron chi connectivity index (χ4n) is 0.998. The molecule has 3 unspecified atom stereocenters. The zero-order valence-corrected chi connectivity index (χ0v) is 13.8. The fraction of sp³-hybridized carbons (Fsp3) is 1.00. The largest absolute Gasteiger partial charge is 0.324 e. The molecule has 1 rings (SSSR count). The van der Waals surface area contributed by atoms with Gasteiger partial charge in [0.2, 0.25) is 4.52 Å². The third-order valence-electron chi connectivity index (χ3n) is 1.90. The topological polar surface area (TPSA) is 9.23 Å². The normalized spacial score (nSPS) is 41.4. The molecule has 0 aliphatic carbocycles. The van der Waals surface area contributed by atoms with Gasteiger partial charge < -0.3 is 4.74 Å². The minimum absolute atomic E-state index is 1.17. The second-order valence-electron chi connectivity index (χ2n) is 3.04. The molecule has 96 valence electrons. The van der Waals surface area contributed by atoms with E-state index in [0.717, 1.165) is 0 Å².